The Kier molecular flexibility index (Phi) is 5.03. The standard InChI is InChI=1S/C14H17N3O3.ClH/c18-13(16-9-6-15-7-10-16)5-8-17-11-3-1-2-4-12(11)20-14(17)19;/h1-4,15H,5-10H2;1H. The smallest absolute Gasteiger partial charge is 0.408 e. The lowest BCUT2D eigenvalue weighted by atomic mass is 10.3. The van der Waals surface area contributed by atoms with Crippen LogP contribution in [0.1, 0.15) is 6.42 Å². The predicted octanol–water partition coefficient (Wildman–Crippen LogP) is 0.838. The van der Waals surface area contributed by atoms with Crippen LogP contribution in [0.4, 0.5) is 0 Å². The fourth-order valence-electron chi connectivity index (χ4n) is 2.51. The number of rotatable bonds is 3. The van der Waals surface area contributed by atoms with Crippen molar-refractivity contribution in [1.82, 2.24) is 14.8 Å². The summed E-state index contributed by atoms with van der Waals surface area (Å²) in [5, 5.41) is 3.21. The average molecular weight is 312 g/mol. The minimum absolute atomic E-state index is 0. The molecule has 114 valence electrons. The summed E-state index contributed by atoms with van der Waals surface area (Å²) in [6.07, 6.45) is 0.323. The molecular formula is C14H18ClN3O3. The second kappa shape index (κ2) is 6.78. The Labute approximate surface area is 128 Å². The Morgan fingerprint density at radius 3 is 2.71 bits per heavy atom. The maximum Gasteiger partial charge on any atom is 0.419 e. The zero-order valence-electron chi connectivity index (χ0n) is 11.6. The molecule has 1 aromatic carbocycles. The summed E-state index contributed by atoms with van der Waals surface area (Å²) in [6, 6.07) is 7.26. The van der Waals surface area contributed by atoms with E-state index in [0.717, 1.165) is 31.7 Å². The van der Waals surface area contributed by atoms with Crippen LogP contribution in [0.2, 0.25) is 0 Å². The number of hydrogen-bond donors (Lipinski definition) is 1. The van der Waals surface area contributed by atoms with Gasteiger partial charge in [-0.3, -0.25) is 9.36 Å². The summed E-state index contributed by atoms with van der Waals surface area (Å²) in [7, 11) is 0. The Morgan fingerprint density at radius 2 is 1.95 bits per heavy atom. The molecule has 0 aliphatic carbocycles. The van der Waals surface area contributed by atoms with Gasteiger partial charge in [-0.15, -0.1) is 12.4 Å². The molecule has 6 nitrogen and oxygen atoms in total. The highest BCUT2D eigenvalue weighted by Gasteiger charge is 2.17. The first kappa shape index (κ1) is 15.6. The number of benzene rings is 1. The molecule has 0 spiro atoms. The van der Waals surface area contributed by atoms with Gasteiger partial charge in [0, 0.05) is 39.1 Å². The zero-order chi connectivity index (χ0) is 13.9. The van der Waals surface area contributed by atoms with Crippen molar-refractivity contribution in [3.05, 3.63) is 34.8 Å². The minimum Gasteiger partial charge on any atom is -0.408 e. The van der Waals surface area contributed by atoms with Crippen LogP contribution in [0.3, 0.4) is 0 Å². The highest BCUT2D eigenvalue weighted by molar-refractivity contribution is 5.85. The van der Waals surface area contributed by atoms with E-state index in [1.807, 2.05) is 23.1 Å². The summed E-state index contributed by atoms with van der Waals surface area (Å²) in [6.45, 7) is 3.50. The Morgan fingerprint density at radius 1 is 1.24 bits per heavy atom. The van der Waals surface area contributed by atoms with Gasteiger partial charge in [0.25, 0.3) is 0 Å². The Bertz CT molecular complexity index is 673. The molecule has 0 bridgehead atoms. The highest BCUT2D eigenvalue weighted by Crippen LogP contribution is 2.12. The quantitative estimate of drug-likeness (QED) is 0.912. The molecule has 1 amide bonds. The van der Waals surface area contributed by atoms with E-state index in [2.05, 4.69) is 5.32 Å². The van der Waals surface area contributed by atoms with E-state index < -0.39 is 5.76 Å². The Hall–Kier alpha value is -1.79. The third kappa shape index (κ3) is 3.28. The molecule has 0 radical (unpaired) electrons. The molecule has 0 atom stereocenters. The van der Waals surface area contributed by atoms with Crippen LogP contribution in [0.15, 0.2) is 33.5 Å². The largest absolute Gasteiger partial charge is 0.419 e. The van der Waals surface area contributed by atoms with Crippen molar-refractivity contribution in [2.24, 2.45) is 0 Å². The third-order valence-electron chi connectivity index (χ3n) is 3.59. The SMILES string of the molecule is Cl.O=C(CCn1c(=O)oc2ccccc21)N1CCNCC1. The van der Waals surface area contributed by atoms with Crippen LogP contribution in [0, 0.1) is 0 Å². The van der Waals surface area contributed by atoms with Crippen LogP contribution in [-0.2, 0) is 11.3 Å². The molecule has 7 heteroatoms. The molecule has 1 aliphatic rings. The van der Waals surface area contributed by atoms with Crippen LogP contribution in [0.5, 0.6) is 0 Å². The molecule has 1 saturated heterocycles. The van der Waals surface area contributed by atoms with Crippen LogP contribution in [0.25, 0.3) is 11.1 Å². The van der Waals surface area contributed by atoms with Gasteiger partial charge in [-0.25, -0.2) is 4.79 Å². The molecular weight excluding hydrogens is 294 g/mol. The van der Waals surface area contributed by atoms with Gasteiger partial charge in [-0.2, -0.15) is 0 Å². The number of carbonyl (C=O) groups is 1. The first-order valence-electron chi connectivity index (χ1n) is 6.82. The van der Waals surface area contributed by atoms with Crippen molar-refractivity contribution >= 4 is 29.4 Å². The zero-order valence-corrected chi connectivity index (χ0v) is 12.4. The molecule has 1 aliphatic heterocycles. The summed E-state index contributed by atoms with van der Waals surface area (Å²) in [5.41, 5.74) is 1.30. The first-order chi connectivity index (χ1) is 9.75. The third-order valence-corrected chi connectivity index (χ3v) is 3.59. The van der Waals surface area contributed by atoms with E-state index in [1.54, 1.807) is 6.07 Å². The van der Waals surface area contributed by atoms with Crippen molar-refractivity contribution < 1.29 is 9.21 Å². The van der Waals surface area contributed by atoms with E-state index in [0.29, 0.717) is 18.5 Å². The second-order valence-corrected chi connectivity index (χ2v) is 4.87. The van der Waals surface area contributed by atoms with Gasteiger partial charge in [-0.1, -0.05) is 12.1 Å². The summed E-state index contributed by atoms with van der Waals surface area (Å²) < 4.78 is 6.67. The summed E-state index contributed by atoms with van der Waals surface area (Å²) in [5.74, 6) is -0.317. The van der Waals surface area contributed by atoms with Crippen molar-refractivity contribution in [2.45, 2.75) is 13.0 Å². The number of nitrogens with one attached hydrogen (secondary N) is 1. The second-order valence-electron chi connectivity index (χ2n) is 4.87. The fraction of sp³-hybridized carbons (Fsp3) is 0.429. The van der Waals surface area contributed by atoms with E-state index in [1.165, 1.54) is 4.57 Å². The average Bonchev–Trinajstić information content (AvgIpc) is 2.81. The van der Waals surface area contributed by atoms with Gasteiger partial charge < -0.3 is 14.6 Å². The number of oxazole rings is 1. The monoisotopic (exact) mass is 311 g/mol. The topological polar surface area (TPSA) is 67.5 Å². The van der Waals surface area contributed by atoms with Crippen LogP contribution >= 0.6 is 12.4 Å². The number of para-hydroxylation sites is 2. The van der Waals surface area contributed by atoms with E-state index in [-0.39, 0.29) is 18.3 Å². The number of piperazine rings is 1. The summed E-state index contributed by atoms with van der Waals surface area (Å²) >= 11 is 0. The number of aromatic nitrogens is 1. The molecule has 3 rings (SSSR count). The van der Waals surface area contributed by atoms with Gasteiger partial charge in [0.05, 0.1) is 5.52 Å². The lowest BCUT2D eigenvalue weighted by Gasteiger charge is -2.27. The van der Waals surface area contributed by atoms with Crippen molar-refractivity contribution in [2.75, 3.05) is 26.2 Å². The molecule has 2 heterocycles. The van der Waals surface area contributed by atoms with Gasteiger partial charge >= 0.3 is 5.76 Å². The number of aryl methyl sites for hydroxylation is 1. The van der Waals surface area contributed by atoms with E-state index in [4.69, 9.17) is 4.42 Å². The number of fused-ring (bicyclic) bond motifs is 1. The predicted molar refractivity (Wildman–Crippen MR) is 81.8 cm³/mol. The fourth-order valence-corrected chi connectivity index (χ4v) is 2.51. The lowest BCUT2D eigenvalue weighted by molar-refractivity contribution is -0.132. The molecule has 2 aromatic rings. The highest BCUT2D eigenvalue weighted by atomic mass is 35.5. The van der Waals surface area contributed by atoms with Crippen LogP contribution < -0.4 is 11.1 Å². The lowest BCUT2D eigenvalue weighted by Crippen LogP contribution is -2.46. The number of nitrogens with zero attached hydrogens (tertiary/aromatic N) is 2. The van der Waals surface area contributed by atoms with E-state index in [9.17, 15) is 9.59 Å². The Balaban J connectivity index is 0.00000161. The number of halogens is 1. The van der Waals surface area contributed by atoms with Crippen LogP contribution in [-0.4, -0.2) is 41.6 Å². The van der Waals surface area contributed by atoms with Gasteiger partial charge in [0.15, 0.2) is 5.58 Å². The summed E-state index contributed by atoms with van der Waals surface area (Å²) in [4.78, 5) is 25.7. The molecule has 0 saturated carbocycles. The molecule has 1 aromatic heterocycles. The molecule has 1 fully saturated rings. The van der Waals surface area contributed by atoms with Gasteiger partial charge in [-0.05, 0) is 12.1 Å². The number of carbonyl (C=O) groups excluding carboxylic acids is 1. The normalized spacial score (nSPS) is 15.0. The van der Waals surface area contributed by atoms with Gasteiger partial charge in [0.2, 0.25) is 5.91 Å². The number of hydrogen-bond acceptors (Lipinski definition) is 4. The van der Waals surface area contributed by atoms with Crippen molar-refractivity contribution in [1.29, 1.82) is 0 Å². The minimum atomic E-state index is -0.403. The maximum atomic E-state index is 12.1. The molecule has 21 heavy (non-hydrogen) atoms. The maximum absolute atomic E-state index is 12.1. The number of amides is 1. The molecule has 0 unspecified atom stereocenters. The molecule has 1 N–H and O–H groups in total. The van der Waals surface area contributed by atoms with Crippen molar-refractivity contribution in [3.8, 4) is 0 Å². The van der Waals surface area contributed by atoms with Crippen molar-refractivity contribution in [3.63, 3.8) is 0 Å². The van der Waals surface area contributed by atoms with E-state index >= 15 is 0 Å². The first-order valence-corrected chi connectivity index (χ1v) is 6.82. The van der Waals surface area contributed by atoms with Gasteiger partial charge in [0.1, 0.15) is 0 Å².